The third kappa shape index (κ3) is 2.74. The van der Waals surface area contributed by atoms with Crippen molar-refractivity contribution < 1.29 is 14.6 Å². The van der Waals surface area contributed by atoms with Crippen LogP contribution in [0.5, 0.6) is 0 Å². The minimum atomic E-state index is -0.993. The Morgan fingerprint density at radius 3 is 3.18 bits per heavy atom. The first-order valence-electron chi connectivity index (χ1n) is 5.68. The van der Waals surface area contributed by atoms with E-state index in [2.05, 4.69) is 9.88 Å². The van der Waals surface area contributed by atoms with Gasteiger partial charge in [-0.3, -0.25) is 0 Å². The summed E-state index contributed by atoms with van der Waals surface area (Å²) < 4.78 is 5.35. The van der Waals surface area contributed by atoms with Gasteiger partial charge in [0.1, 0.15) is 5.69 Å². The number of methoxy groups -OCH3 is 1. The van der Waals surface area contributed by atoms with Crippen molar-refractivity contribution in [2.24, 2.45) is 0 Å². The first-order chi connectivity index (χ1) is 8.20. The van der Waals surface area contributed by atoms with Crippen LogP contribution in [0, 0.1) is 0 Å². The number of carboxylic acids is 1. The Balaban J connectivity index is 2.16. The van der Waals surface area contributed by atoms with Crippen molar-refractivity contribution in [1.82, 2.24) is 4.98 Å². The van der Waals surface area contributed by atoms with Crippen LogP contribution >= 0.6 is 0 Å². The number of carboxylic acid groups (broad SMARTS) is 1. The molecule has 17 heavy (non-hydrogen) atoms. The number of hydrogen-bond acceptors (Lipinski definition) is 4. The highest BCUT2D eigenvalue weighted by Crippen LogP contribution is 2.21. The Morgan fingerprint density at radius 2 is 2.47 bits per heavy atom. The van der Waals surface area contributed by atoms with Gasteiger partial charge in [-0.2, -0.15) is 0 Å². The lowest BCUT2D eigenvalue weighted by Crippen LogP contribution is -2.39. The summed E-state index contributed by atoms with van der Waals surface area (Å²) in [7, 11) is 1.71. The van der Waals surface area contributed by atoms with Gasteiger partial charge in [-0.25, -0.2) is 9.78 Å². The largest absolute Gasteiger partial charge is 0.477 e. The van der Waals surface area contributed by atoms with Gasteiger partial charge in [0.2, 0.25) is 0 Å². The molecule has 2 rings (SSSR count). The van der Waals surface area contributed by atoms with Crippen molar-refractivity contribution in [3.63, 3.8) is 0 Å². The number of ether oxygens (including phenoxy) is 1. The molecule has 5 heteroatoms. The van der Waals surface area contributed by atoms with Crippen LogP contribution in [0.3, 0.4) is 0 Å². The van der Waals surface area contributed by atoms with E-state index in [0.29, 0.717) is 0 Å². The van der Waals surface area contributed by atoms with Crippen molar-refractivity contribution >= 4 is 11.7 Å². The second-order valence-corrected chi connectivity index (χ2v) is 4.15. The zero-order valence-electron chi connectivity index (χ0n) is 9.80. The number of hydrogen-bond donors (Lipinski definition) is 1. The molecule has 92 valence electrons. The predicted octanol–water partition coefficient (Wildman–Crippen LogP) is 1.40. The lowest BCUT2D eigenvalue weighted by molar-refractivity contribution is 0.0690. The van der Waals surface area contributed by atoms with Crippen molar-refractivity contribution in [3.05, 3.63) is 24.0 Å². The standard InChI is InChI=1S/C12H16N2O3/c1-17-10-3-2-6-14(8-10)9-4-5-13-11(7-9)12(15)16/h4-5,7,10H,2-3,6,8H2,1H3,(H,15,16). The van der Waals surface area contributed by atoms with Gasteiger partial charge < -0.3 is 14.7 Å². The first-order valence-corrected chi connectivity index (χ1v) is 5.68. The summed E-state index contributed by atoms with van der Waals surface area (Å²) in [6.07, 6.45) is 3.88. The van der Waals surface area contributed by atoms with Gasteiger partial charge in [0.25, 0.3) is 0 Å². The SMILES string of the molecule is COC1CCCN(c2ccnc(C(=O)O)c2)C1. The van der Waals surface area contributed by atoms with Crippen molar-refractivity contribution in [2.45, 2.75) is 18.9 Å². The van der Waals surface area contributed by atoms with E-state index in [9.17, 15) is 4.79 Å². The molecule has 0 bridgehead atoms. The second kappa shape index (κ2) is 5.14. The molecule has 1 saturated heterocycles. The third-order valence-corrected chi connectivity index (χ3v) is 3.04. The van der Waals surface area contributed by atoms with Crippen molar-refractivity contribution in [2.75, 3.05) is 25.1 Å². The van der Waals surface area contributed by atoms with Crippen LogP contribution in [-0.2, 0) is 4.74 Å². The number of carbonyl (C=O) groups is 1. The molecule has 1 unspecified atom stereocenters. The molecule has 0 amide bonds. The molecule has 0 spiro atoms. The van der Waals surface area contributed by atoms with Crippen molar-refractivity contribution in [3.8, 4) is 0 Å². The molecule has 1 N–H and O–H groups in total. The first kappa shape index (κ1) is 11.9. The van der Waals surface area contributed by atoms with Crippen LogP contribution in [-0.4, -0.2) is 42.4 Å². The molecule has 2 heterocycles. The average molecular weight is 236 g/mol. The monoisotopic (exact) mass is 236 g/mol. The lowest BCUT2D eigenvalue weighted by Gasteiger charge is -2.33. The highest BCUT2D eigenvalue weighted by molar-refractivity contribution is 5.86. The average Bonchev–Trinajstić information content (AvgIpc) is 2.39. The molecule has 0 aromatic carbocycles. The Bertz CT molecular complexity index is 408. The summed E-state index contributed by atoms with van der Waals surface area (Å²) in [6, 6.07) is 3.45. The van der Waals surface area contributed by atoms with Gasteiger partial charge in [0, 0.05) is 32.1 Å². The zero-order chi connectivity index (χ0) is 12.3. The maximum absolute atomic E-state index is 10.9. The van der Waals surface area contributed by atoms with E-state index in [1.165, 1.54) is 6.20 Å². The number of aromatic carboxylic acids is 1. The van der Waals surface area contributed by atoms with E-state index in [0.717, 1.165) is 31.6 Å². The highest BCUT2D eigenvalue weighted by atomic mass is 16.5. The van der Waals surface area contributed by atoms with E-state index in [-0.39, 0.29) is 11.8 Å². The van der Waals surface area contributed by atoms with Gasteiger partial charge in [-0.05, 0) is 25.0 Å². The minimum absolute atomic E-state index is 0.0852. The molecular formula is C12H16N2O3. The smallest absolute Gasteiger partial charge is 0.354 e. The predicted molar refractivity (Wildman–Crippen MR) is 63.4 cm³/mol. The highest BCUT2D eigenvalue weighted by Gasteiger charge is 2.20. The number of pyridine rings is 1. The van der Waals surface area contributed by atoms with Gasteiger partial charge in [0.15, 0.2) is 0 Å². The van der Waals surface area contributed by atoms with Crippen molar-refractivity contribution in [1.29, 1.82) is 0 Å². The number of rotatable bonds is 3. The molecule has 1 fully saturated rings. The van der Waals surface area contributed by atoms with E-state index in [1.54, 1.807) is 13.2 Å². The van der Waals surface area contributed by atoms with Crippen LogP contribution < -0.4 is 4.90 Å². The maximum atomic E-state index is 10.9. The molecule has 1 atom stereocenters. The molecule has 1 aliphatic heterocycles. The molecular weight excluding hydrogens is 220 g/mol. The van der Waals surface area contributed by atoms with Crippen LogP contribution in [0.2, 0.25) is 0 Å². The molecule has 0 aliphatic carbocycles. The van der Waals surface area contributed by atoms with Gasteiger partial charge in [-0.15, -0.1) is 0 Å². The Morgan fingerprint density at radius 1 is 1.65 bits per heavy atom. The number of nitrogens with zero attached hydrogens (tertiary/aromatic N) is 2. The maximum Gasteiger partial charge on any atom is 0.354 e. The van der Waals surface area contributed by atoms with E-state index >= 15 is 0 Å². The number of aromatic nitrogens is 1. The third-order valence-electron chi connectivity index (χ3n) is 3.04. The normalized spacial score (nSPS) is 20.3. The van der Waals surface area contributed by atoms with Crippen LogP contribution in [0.1, 0.15) is 23.3 Å². The molecule has 0 radical (unpaired) electrons. The van der Waals surface area contributed by atoms with Gasteiger partial charge in [0.05, 0.1) is 6.10 Å². The van der Waals surface area contributed by atoms with Crippen LogP contribution in [0.25, 0.3) is 0 Å². The molecule has 5 nitrogen and oxygen atoms in total. The summed E-state index contributed by atoms with van der Waals surface area (Å²) in [6.45, 7) is 1.74. The Kier molecular flexibility index (Phi) is 3.58. The summed E-state index contributed by atoms with van der Waals surface area (Å²) in [4.78, 5) is 16.8. The van der Waals surface area contributed by atoms with Gasteiger partial charge in [-0.1, -0.05) is 0 Å². The number of piperidine rings is 1. The van der Waals surface area contributed by atoms with E-state index in [4.69, 9.17) is 9.84 Å². The van der Waals surface area contributed by atoms with E-state index < -0.39 is 5.97 Å². The molecule has 1 aromatic rings. The molecule has 0 saturated carbocycles. The minimum Gasteiger partial charge on any atom is -0.477 e. The zero-order valence-corrected chi connectivity index (χ0v) is 9.80. The Labute approximate surface area is 100 Å². The Hall–Kier alpha value is -1.62. The van der Waals surface area contributed by atoms with Crippen LogP contribution in [0.15, 0.2) is 18.3 Å². The summed E-state index contributed by atoms with van der Waals surface area (Å²) in [5.41, 5.74) is 0.987. The van der Waals surface area contributed by atoms with Gasteiger partial charge >= 0.3 is 5.97 Å². The molecule has 1 aromatic heterocycles. The summed E-state index contributed by atoms with van der Waals surface area (Å²) >= 11 is 0. The fourth-order valence-corrected chi connectivity index (χ4v) is 2.10. The lowest BCUT2D eigenvalue weighted by atomic mass is 10.1. The molecule has 1 aliphatic rings. The second-order valence-electron chi connectivity index (χ2n) is 4.15. The summed E-state index contributed by atoms with van der Waals surface area (Å²) in [5, 5.41) is 8.90. The number of anilines is 1. The topological polar surface area (TPSA) is 62.7 Å². The fourth-order valence-electron chi connectivity index (χ4n) is 2.10. The van der Waals surface area contributed by atoms with E-state index in [1.807, 2.05) is 6.07 Å². The van der Waals surface area contributed by atoms with Crippen LogP contribution in [0.4, 0.5) is 5.69 Å². The quantitative estimate of drug-likeness (QED) is 0.859. The summed E-state index contributed by atoms with van der Waals surface area (Å²) in [5.74, 6) is -0.993. The fraction of sp³-hybridized carbons (Fsp3) is 0.500.